The molecule has 4 atom stereocenters. The normalized spacial score (nSPS) is 22.8. The number of ether oxygens (including phenoxy) is 2. The highest BCUT2D eigenvalue weighted by Gasteiger charge is 2.39. The Morgan fingerprint density at radius 3 is 2.56 bits per heavy atom. The van der Waals surface area contributed by atoms with Gasteiger partial charge in [0.25, 0.3) is 5.91 Å². The second-order valence-corrected chi connectivity index (χ2v) is 11.5. The monoisotopic (exact) mass is 544 g/mol. The Kier molecular flexibility index (Phi) is 9.41. The average molecular weight is 545 g/mol. The van der Waals surface area contributed by atoms with E-state index >= 15 is 0 Å². The third-order valence-electron chi connectivity index (χ3n) is 6.95. The zero-order valence-electron chi connectivity index (χ0n) is 23.2. The second-order valence-electron chi connectivity index (χ2n) is 11.5. The molecular formula is C27H40N6O6. The van der Waals surface area contributed by atoms with Crippen LogP contribution in [0.5, 0.6) is 5.88 Å². The van der Waals surface area contributed by atoms with E-state index in [0.29, 0.717) is 18.9 Å². The van der Waals surface area contributed by atoms with Crippen LogP contribution in [0, 0.1) is 29.1 Å². The molecule has 12 nitrogen and oxygen atoms in total. The van der Waals surface area contributed by atoms with Crippen molar-refractivity contribution in [1.29, 1.82) is 0 Å². The average Bonchev–Trinajstić information content (AvgIpc) is 3.23. The molecule has 2 aliphatic carbocycles. The van der Waals surface area contributed by atoms with Gasteiger partial charge in [0.2, 0.25) is 11.8 Å². The molecular weight excluding hydrogens is 504 g/mol. The van der Waals surface area contributed by atoms with Crippen LogP contribution in [0.4, 0.5) is 9.59 Å². The van der Waals surface area contributed by atoms with Gasteiger partial charge in [0.1, 0.15) is 5.56 Å². The fraction of sp³-hybridized carbons (Fsp3) is 0.593. The van der Waals surface area contributed by atoms with Crippen molar-refractivity contribution in [3.05, 3.63) is 29.5 Å². The molecule has 0 spiro atoms. The van der Waals surface area contributed by atoms with E-state index < -0.39 is 23.4 Å². The van der Waals surface area contributed by atoms with Gasteiger partial charge in [-0.05, 0) is 56.8 Å². The Morgan fingerprint density at radius 2 is 1.95 bits per heavy atom. The summed E-state index contributed by atoms with van der Waals surface area (Å²) in [6, 6.07) is -1.09. The van der Waals surface area contributed by atoms with Crippen molar-refractivity contribution in [3.63, 3.8) is 0 Å². The first-order chi connectivity index (χ1) is 18.3. The van der Waals surface area contributed by atoms with Gasteiger partial charge in [-0.1, -0.05) is 38.5 Å². The largest absolute Gasteiger partial charge is 0.477 e. The summed E-state index contributed by atoms with van der Waals surface area (Å²) in [5.74, 6) is 0.285. The first-order valence-corrected chi connectivity index (χ1v) is 13.2. The highest BCUT2D eigenvalue weighted by Crippen LogP contribution is 2.42. The number of carbonyl (C=O) groups is 4. The first-order valence-electron chi connectivity index (χ1n) is 13.2. The first kappa shape index (κ1) is 29.7. The molecule has 214 valence electrons. The van der Waals surface area contributed by atoms with E-state index in [9.17, 15) is 19.2 Å². The van der Waals surface area contributed by atoms with E-state index in [2.05, 4.69) is 28.7 Å². The standard InChI is InChI=1S/C27H40N6O6/c1-15(2)13-38-23-20(12-30-33(23)7-6-27(4,5)24(35)32-25(28)36)22(34)31-21-18-8-16(3)9-19(21)11-17(10-18)14-39-26(29)37/h6-8,12,15-17,19,21H,9-11,13-14H2,1-5H3,(H2,29,37)(H,31,34)(H3,28,32,35,36)/b7-6+/t16?,17-,19?,21-/m0/s1. The minimum Gasteiger partial charge on any atom is -0.477 e. The molecule has 6 N–H and O–H groups in total. The number of primary amides is 2. The summed E-state index contributed by atoms with van der Waals surface area (Å²) in [6.45, 7) is 9.98. The molecule has 1 aromatic heterocycles. The maximum Gasteiger partial charge on any atom is 0.404 e. The summed E-state index contributed by atoms with van der Waals surface area (Å²) in [4.78, 5) is 48.0. The van der Waals surface area contributed by atoms with Crippen molar-refractivity contribution in [3.8, 4) is 5.88 Å². The molecule has 1 heterocycles. The van der Waals surface area contributed by atoms with Crippen LogP contribution < -0.4 is 26.8 Å². The zero-order chi connectivity index (χ0) is 28.9. The smallest absolute Gasteiger partial charge is 0.404 e. The molecule has 39 heavy (non-hydrogen) atoms. The molecule has 1 fully saturated rings. The number of nitrogens with one attached hydrogen (secondary N) is 2. The topological polar surface area (TPSA) is 181 Å². The molecule has 0 saturated heterocycles. The van der Waals surface area contributed by atoms with Crippen LogP contribution in [0.2, 0.25) is 0 Å². The lowest BCUT2D eigenvalue weighted by Crippen LogP contribution is -2.48. The number of carbonyl (C=O) groups excluding carboxylic acids is 4. The molecule has 3 rings (SSSR count). The Hall–Kier alpha value is -3.83. The zero-order valence-corrected chi connectivity index (χ0v) is 23.2. The lowest BCUT2D eigenvalue weighted by atomic mass is 9.67. The number of hydrogen-bond acceptors (Lipinski definition) is 7. The van der Waals surface area contributed by atoms with Crippen LogP contribution in [-0.4, -0.2) is 53.0 Å². The number of fused-ring (bicyclic) bond motifs is 2. The third-order valence-corrected chi connectivity index (χ3v) is 6.95. The number of rotatable bonds is 10. The number of allylic oxidation sites excluding steroid dienone is 1. The van der Waals surface area contributed by atoms with Crippen LogP contribution in [0.1, 0.15) is 64.2 Å². The Bertz CT molecular complexity index is 1150. The van der Waals surface area contributed by atoms with Crippen molar-refractivity contribution < 1.29 is 28.7 Å². The Balaban J connectivity index is 1.81. The summed E-state index contributed by atoms with van der Waals surface area (Å²) in [5, 5.41) is 9.57. The number of amides is 5. The van der Waals surface area contributed by atoms with Gasteiger partial charge in [-0.15, -0.1) is 0 Å². The summed E-state index contributed by atoms with van der Waals surface area (Å²) in [5.41, 5.74) is 10.5. The lowest BCUT2D eigenvalue weighted by Gasteiger charge is -2.43. The number of imide groups is 1. The molecule has 12 heteroatoms. The van der Waals surface area contributed by atoms with Crippen LogP contribution >= 0.6 is 0 Å². The molecule has 1 aromatic rings. The van der Waals surface area contributed by atoms with Gasteiger partial charge in [-0.2, -0.15) is 5.10 Å². The van der Waals surface area contributed by atoms with Gasteiger partial charge in [0.05, 0.1) is 30.9 Å². The highest BCUT2D eigenvalue weighted by molar-refractivity contribution is 5.98. The van der Waals surface area contributed by atoms with Gasteiger partial charge in [-0.3, -0.25) is 14.9 Å². The summed E-state index contributed by atoms with van der Waals surface area (Å²) >= 11 is 0. The fourth-order valence-electron chi connectivity index (χ4n) is 5.09. The van der Waals surface area contributed by atoms with Crippen LogP contribution in [-0.2, 0) is 9.53 Å². The maximum absolute atomic E-state index is 13.5. The number of hydrogen-bond donors (Lipinski definition) is 4. The molecule has 1 saturated carbocycles. The number of aromatic nitrogens is 2. The molecule has 2 aliphatic rings. The molecule has 0 aliphatic heterocycles. The third kappa shape index (κ3) is 7.84. The molecule has 5 amide bonds. The van der Waals surface area contributed by atoms with Crippen molar-refractivity contribution in [1.82, 2.24) is 20.4 Å². The van der Waals surface area contributed by atoms with E-state index in [1.165, 1.54) is 17.1 Å². The fourth-order valence-corrected chi connectivity index (χ4v) is 5.09. The van der Waals surface area contributed by atoms with E-state index in [0.717, 1.165) is 18.4 Å². The number of nitrogens with two attached hydrogens (primary N) is 2. The summed E-state index contributed by atoms with van der Waals surface area (Å²) in [6.07, 6.45) is 8.34. The van der Waals surface area contributed by atoms with Crippen molar-refractivity contribution in [2.75, 3.05) is 13.2 Å². The molecule has 2 bridgehead atoms. The summed E-state index contributed by atoms with van der Waals surface area (Å²) < 4.78 is 12.4. The lowest BCUT2D eigenvalue weighted by molar-refractivity contribution is -0.125. The minimum atomic E-state index is -1.09. The Morgan fingerprint density at radius 1 is 1.23 bits per heavy atom. The van der Waals surface area contributed by atoms with Gasteiger partial charge in [-0.25, -0.2) is 14.3 Å². The van der Waals surface area contributed by atoms with E-state index in [1.54, 1.807) is 19.9 Å². The maximum atomic E-state index is 13.5. The van der Waals surface area contributed by atoms with E-state index in [1.807, 2.05) is 13.8 Å². The summed E-state index contributed by atoms with van der Waals surface area (Å²) in [7, 11) is 0. The second kappa shape index (κ2) is 12.4. The van der Waals surface area contributed by atoms with Crippen molar-refractivity contribution >= 4 is 30.1 Å². The SMILES string of the molecule is CC(C)COc1c(C(=O)N[C@H]2C3=CC(C)CC2C[C@@H](COC(N)=O)C3)cnn1/C=C/C(C)(C)C(=O)NC(N)=O. The van der Waals surface area contributed by atoms with Crippen LogP contribution in [0.25, 0.3) is 6.20 Å². The van der Waals surface area contributed by atoms with Crippen LogP contribution in [0.3, 0.4) is 0 Å². The van der Waals surface area contributed by atoms with E-state index in [4.69, 9.17) is 20.9 Å². The molecule has 2 unspecified atom stereocenters. The predicted molar refractivity (Wildman–Crippen MR) is 144 cm³/mol. The van der Waals surface area contributed by atoms with Gasteiger partial charge >= 0.3 is 12.1 Å². The van der Waals surface area contributed by atoms with Crippen LogP contribution in [0.15, 0.2) is 23.9 Å². The van der Waals surface area contributed by atoms with Gasteiger partial charge < -0.3 is 26.3 Å². The molecule has 0 radical (unpaired) electrons. The predicted octanol–water partition coefficient (Wildman–Crippen LogP) is 2.80. The van der Waals surface area contributed by atoms with Gasteiger partial charge in [0.15, 0.2) is 0 Å². The number of urea groups is 1. The minimum absolute atomic E-state index is 0.146. The van der Waals surface area contributed by atoms with Gasteiger partial charge in [0, 0.05) is 6.20 Å². The Labute approximate surface area is 228 Å². The molecule has 0 aromatic carbocycles. The number of nitrogens with zero attached hydrogens (tertiary/aromatic N) is 2. The van der Waals surface area contributed by atoms with E-state index in [-0.39, 0.29) is 47.8 Å². The van der Waals surface area contributed by atoms with Crippen molar-refractivity contribution in [2.24, 2.45) is 40.6 Å². The quantitative estimate of drug-likeness (QED) is 0.327. The van der Waals surface area contributed by atoms with Crippen molar-refractivity contribution in [2.45, 2.75) is 59.9 Å². The highest BCUT2D eigenvalue weighted by atomic mass is 16.5.